The van der Waals surface area contributed by atoms with Crippen molar-refractivity contribution in [1.29, 1.82) is 0 Å². The van der Waals surface area contributed by atoms with Crippen molar-refractivity contribution in [2.45, 2.75) is 10.6 Å². The average Bonchev–Trinajstić information content (AvgIpc) is 1.35. The molecule has 0 aromatic heterocycles. The van der Waals surface area contributed by atoms with Crippen LogP contribution in [0.4, 0.5) is 13.2 Å². The summed E-state index contributed by atoms with van der Waals surface area (Å²) >= 11 is 0.526. The summed E-state index contributed by atoms with van der Waals surface area (Å²) < 4.78 is 31.8. The summed E-state index contributed by atoms with van der Waals surface area (Å²) in [6, 6.07) is 0. The van der Waals surface area contributed by atoms with Crippen molar-refractivity contribution >= 4 is 22.5 Å². The zero-order chi connectivity index (χ0) is 5.21. The second kappa shape index (κ2) is 2.04. The molecule has 0 bridgehead atoms. The molecule has 0 aliphatic heterocycles. The number of hydrogen-bond donors (Lipinski definition) is 0. The first-order chi connectivity index (χ1) is 2.56. The van der Waals surface area contributed by atoms with Gasteiger partial charge < -0.3 is 0 Å². The van der Waals surface area contributed by atoms with Gasteiger partial charge in [-0.15, -0.1) is 0 Å². The Morgan fingerprint density at radius 3 is 1.50 bits per heavy atom. The molecule has 6 heavy (non-hydrogen) atoms. The van der Waals surface area contributed by atoms with Gasteiger partial charge in [0.15, 0.2) is 0 Å². The van der Waals surface area contributed by atoms with Crippen LogP contribution in [0.3, 0.4) is 0 Å². The Balaban J connectivity index is 3.17. The minimum atomic E-state index is -3.92. The van der Waals surface area contributed by atoms with Gasteiger partial charge in [0.2, 0.25) is 0 Å². The maximum atomic E-state index is 10.8. The van der Waals surface area contributed by atoms with E-state index in [1.807, 2.05) is 0 Å². The normalized spacial score (nSPS) is 12.0. The van der Waals surface area contributed by atoms with E-state index in [9.17, 15) is 13.2 Å². The molecule has 0 aliphatic rings. The van der Waals surface area contributed by atoms with Gasteiger partial charge in [-0.2, -0.15) is 0 Å². The predicted molar refractivity (Wildman–Crippen MR) is 16.6 cm³/mol. The van der Waals surface area contributed by atoms with Crippen molar-refractivity contribution in [3.05, 3.63) is 0 Å². The minimum absolute atomic E-state index is 0.526. The number of rotatable bonds is 0. The van der Waals surface area contributed by atoms with Crippen LogP contribution in [0.25, 0.3) is 0 Å². The summed E-state index contributed by atoms with van der Waals surface area (Å²) in [6.07, 6.45) is -3.92. The van der Waals surface area contributed by atoms with Crippen LogP contribution in [0, 0.1) is 0 Å². The first-order valence-corrected chi connectivity index (χ1v) is 3.29. The quantitative estimate of drug-likeness (QED) is 0.516. The third-order valence-corrected chi connectivity index (χ3v) is 1.34. The van der Waals surface area contributed by atoms with Crippen molar-refractivity contribution in [3.63, 3.8) is 0 Å². The van der Waals surface area contributed by atoms with Gasteiger partial charge in [0.05, 0.1) is 0 Å². The van der Waals surface area contributed by atoms with E-state index in [0.29, 0.717) is 22.5 Å². The fraction of sp³-hybridized carbons (Fsp3) is 1.00. The molecule has 0 N–H and O–H groups in total. The molecular weight excluding hydrogens is 200 g/mol. The van der Waals surface area contributed by atoms with E-state index < -0.39 is 10.6 Å². The van der Waals surface area contributed by atoms with Crippen LogP contribution in [0.15, 0.2) is 0 Å². The van der Waals surface area contributed by atoms with Crippen LogP contribution in [0.5, 0.6) is 0 Å². The van der Waals surface area contributed by atoms with Gasteiger partial charge in [0, 0.05) is 0 Å². The zero-order valence-electron chi connectivity index (χ0n) is 2.84. The fourth-order valence-electron chi connectivity index (χ4n) is 0. The Morgan fingerprint density at radius 1 is 1.33 bits per heavy atom. The van der Waals surface area contributed by atoms with Gasteiger partial charge in [0.25, 0.3) is 0 Å². The molecule has 0 rings (SSSR count). The molecule has 0 atom stereocenters. The second-order valence-electron chi connectivity index (χ2n) is 0.792. The molecule has 0 aromatic carbocycles. The van der Waals surface area contributed by atoms with Gasteiger partial charge in [-0.1, -0.05) is 0 Å². The summed E-state index contributed by atoms with van der Waals surface area (Å²) in [5.41, 5.74) is 0. The SMILES string of the molecule is FC(F)(F)[CH2][Sn]. The summed E-state index contributed by atoms with van der Waals surface area (Å²) in [5, 5.41) is 0. The molecule has 0 amide bonds. The van der Waals surface area contributed by atoms with Crippen molar-refractivity contribution in [1.82, 2.24) is 0 Å². The Kier molecular flexibility index (Phi) is 2.24. The molecule has 0 aliphatic carbocycles. The van der Waals surface area contributed by atoms with Gasteiger partial charge in [-0.05, 0) is 0 Å². The molecule has 3 radical (unpaired) electrons. The molecule has 0 unspecified atom stereocenters. The standard InChI is InChI=1S/C2H2F3.Sn/c1-2(3,4)5;/h1H2;. The fourth-order valence-corrected chi connectivity index (χ4v) is 0. The zero-order valence-corrected chi connectivity index (χ0v) is 5.70. The summed E-state index contributed by atoms with van der Waals surface area (Å²) in [5.74, 6) is 0. The topological polar surface area (TPSA) is 0 Å². The Bertz CT molecular complexity index is 38.5. The molecule has 0 nitrogen and oxygen atoms in total. The van der Waals surface area contributed by atoms with Crippen LogP contribution >= 0.6 is 0 Å². The van der Waals surface area contributed by atoms with Gasteiger partial charge >= 0.3 is 46.3 Å². The van der Waals surface area contributed by atoms with Crippen molar-refractivity contribution in [2.24, 2.45) is 0 Å². The first kappa shape index (κ1) is 6.59. The third-order valence-electron chi connectivity index (χ3n) is 0.200. The van der Waals surface area contributed by atoms with E-state index >= 15 is 0 Å². The van der Waals surface area contributed by atoms with Crippen LogP contribution < -0.4 is 0 Å². The summed E-state index contributed by atoms with van der Waals surface area (Å²) in [7, 11) is 0. The number of hydrogen-bond acceptors (Lipinski definition) is 0. The predicted octanol–water partition coefficient (Wildman–Crippen LogP) is 1.14. The van der Waals surface area contributed by atoms with Gasteiger partial charge in [-0.3, -0.25) is 0 Å². The number of halogens is 3. The van der Waals surface area contributed by atoms with Crippen molar-refractivity contribution in [3.8, 4) is 0 Å². The van der Waals surface area contributed by atoms with E-state index in [1.54, 1.807) is 0 Å². The molecule has 0 saturated heterocycles. The Hall–Kier alpha value is 0.589. The van der Waals surface area contributed by atoms with E-state index in [1.165, 1.54) is 0 Å². The van der Waals surface area contributed by atoms with Crippen molar-refractivity contribution in [2.75, 3.05) is 0 Å². The van der Waals surface area contributed by atoms with E-state index in [-0.39, 0.29) is 0 Å². The van der Waals surface area contributed by atoms with Gasteiger partial charge in [0.1, 0.15) is 0 Å². The second-order valence-corrected chi connectivity index (χ2v) is 1.80. The van der Waals surface area contributed by atoms with Crippen LogP contribution in [0.2, 0.25) is 4.44 Å². The van der Waals surface area contributed by atoms with E-state index in [2.05, 4.69) is 0 Å². The Morgan fingerprint density at radius 2 is 1.50 bits per heavy atom. The molecular formula is C2H2F3Sn. The molecule has 0 heterocycles. The molecule has 0 saturated carbocycles. The van der Waals surface area contributed by atoms with E-state index in [0.717, 1.165) is 0 Å². The monoisotopic (exact) mass is 203 g/mol. The molecule has 0 fully saturated rings. The van der Waals surface area contributed by atoms with Gasteiger partial charge in [-0.25, -0.2) is 0 Å². The average molecular weight is 202 g/mol. The summed E-state index contributed by atoms with van der Waals surface area (Å²) in [6.45, 7) is 0. The molecule has 0 spiro atoms. The van der Waals surface area contributed by atoms with Crippen LogP contribution in [-0.4, -0.2) is 28.7 Å². The Labute approximate surface area is 46.8 Å². The van der Waals surface area contributed by atoms with Crippen molar-refractivity contribution < 1.29 is 13.2 Å². The maximum absolute atomic E-state index is 10.8. The first-order valence-electron chi connectivity index (χ1n) is 1.27. The molecule has 0 aromatic rings. The summed E-state index contributed by atoms with van der Waals surface area (Å²) in [4.78, 5) is 0. The molecule has 4 heteroatoms. The van der Waals surface area contributed by atoms with Crippen LogP contribution in [-0.2, 0) is 0 Å². The van der Waals surface area contributed by atoms with E-state index in [4.69, 9.17) is 0 Å². The third kappa shape index (κ3) is 4.59. The molecule has 35 valence electrons. The van der Waals surface area contributed by atoms with Crippen LogP contribution in [0.1, 0.15) is 0 Å². The number of alkyl halides is 3.